The maximum absolute atomic E-state index is 13.1. The number of nitrogens with zero attached hydrogens (tertiary/aromatic N) is 2. The molecule has 5 heteroatoms. The second-order valence-corrected chi connectivity index (χ2v) is 4.37. The van der Waals surface area contributed by atoms with E-state index in [9.17, 15) is 9.50 Å². The molecule has 0 bridgehead atoms. The van der Waals surface area contributed by atoms with Crippen LogP contribution >= 0.6 is 0 Å². The van der Waals surface area contributed by atoms with Gasteiger partial charge in [-0.25, -0.2) is 4.39 Å². The summed E-state index contributed by atoms with van der Waals surface area (Å²) in [7, 11) is 0. The summed E-state index contributed by atoms with van der Waals surface area (Å²) in [6, 6.07) is 12.8. The van der Waals surface area contributed by atoms with Crippen molar-refractivity contribution in [2.45, 2.75) is 6.42 Å². The van der Waals surface area contributed by atoms with Gasteiger partial charge in [-0.1, -0.05) is 29.4 Å². The Labute approximate surface area is 114 Å². The summed E-state index contributed by atoms with van der Waals surface area (Å²) in [5.41, 5.74) is 1.43. The molecule has 0 unspecified atom stereocenters. The molecule has 2 aromatic carbocycles. The lowest BCUT2D eigenvalue weighted by Gasteiger charge is -1.96. The smallest absolute Gasteiger partial charge is 0.231 e. The van der Waals surface area contributed by atoms with Gasteiger partial charge >= 0.3 is 0 Å². The maximum atomic E-state index is 13.1. The van der Waals surface area contributed by atoms with Crippen LogP contribution in [-0.2, 0) is 6.42 Å². The number of hydrogen-bond donors (Lipinski definition) is 1. The van der Waals surface area contributed by atoms with Crippen molar-refractivity contribution >= 4 is 0 Å². The van der Waals surface area contributed by atoms with Gasteiger partial charge in [0, 0.05) is 5.56 Å². The molecule has 1 aromatic heterocycles. The maximum Gasteiger partial charge on any atom is 0.231 e. The van der Waals surface area contributed by atoms with Crippen LogP contribution in [0.2, 0.25) is 0 Å². The number of benzene rings is 2. The van der Waals surface area contributed by atoms with Gasteiger partial charge in [0.15, 0.2) is 0 Å². The lowest BCUT2D eigenvalue weighted by Crippen LogP contribution is -1.89. The van der Waals surface area contributed by atoms with Crippen molar-refractivity contribution in [1.82, 2.24) is 10.1 Å². The highest BCUT2D eigenvalue weighted by Gasteiger charge is 2.10. The lowest BCUT2D eigenvalue weighted by atomic mass is 10.1. The number of phenols is 1. The Hall–Kier alpha value is -2.69. The number of phenolic OH excluding ortho intramolecular Hbond substituents is 1. The SMILES string of the molecule is Oc1cccc(-c2noc(Cc3cccc(F)c3)n2)c1. The third-order valence-corrected chi connectivity index (χ3v) is 2.82. The van der Waals surface area contributed by atoms with E-state index >= 15 is 0 Å². The average Bonchev–Trinajstić information content (AvgIpc) is 2.87. The van der Waals surface area contributed by atoms with E-state index in [2.05, 4.69) is 10.1 Å². The minimum Gasteiger partial charge on any atom is -0.508 e. The van der Waals surface area contributed by atoms with Gasteiger partial charge < -0.3 is 9.63 Å². The van der Waals surface area contributed by atoms with Crippen LogP contribution in [0.15, 0.2) is 53.1 Å². The fourth-order valence-corrected chi connectivity index (χ4v) is 1.91. The van der Waals surface area contributed by atoms with Crippen LogP contribution in [-0.4, -0.2) is 15.2 Å². The summed E-state index contributed by atoms with van der Waals surface area (Å²) in [6.45, 7) is 0. The molecule has 1 heterocycles. The molecule has 0 amide bonds. The summed E-state index contributed by atoms with van der Waals surface area (Å²) in [4.78, 5) is 4.24. The van der Waals surface area contributed by atoms with Crippen LogP contribution in [0.4, 0.5) is 4.39 Å². The van der Waals surface area contributed by atoms with Gasteiger partial charge in [0.25, 0.3) is 0 Å². The molecule has 0 aliphatic carbocycles. The molecule has 0 radical (unpaired) electrons. The van der Waals surface area contributed by atoms with Gasteiger partial charge in [0.05, 0.1) is 6.42 Å². The van der Waals surface area contributed by atoms with Gasteiger partial charge in [-0.3, -0.25) is 0 Å². The van der Waals surface area contributed by atoms with Gasteiger partial charge in [-0.15, -0.1) is 0 Å². The number of aromatic nitrogens is 2. The minimum atomic E-state index is -0.296. The fourth-order valence-electron chi connectivity index (χ4n) is 1.91. The molecule has 0 saturated heterocycles. The summed E-state index contributed by atoms with van der Waals surface area (Å²) >= 11 is 0. The Kier molecular flexibility index (Phi) is 3.16. The molecule has 3 aromatic rings. The predicted molar refractivity (Wildman–Crippen MR) is 70.6 cm³/mol. The van der Waals surface area contributed by atoms with E-state index in [0.29, 0.717) is 23.7 Å². The van der Waals surface area contributed by atoms with E-state index in [1.165, 1.54) is 12.1 Å². The average molecular weight is 270 g/mol. The van der Waals surface area contributed by atoms with Crippen LogP contribution in [0.3, 0.4) is 0 Å². The van der Waals surface area contributed by atoms with E-state index < -0.39 is 0 Å². The second-order valence-electron chi connectivity index (χ2n) is 4.37. The zero-order valence-electron chi connectivity index (χ0n) is 10.5. The highest BCUT2D eigenvalue weighted by Crippen LogP contribution is 2.21. The molecular formula is C15H11FN2O2. The number of halogens is 1. The van der Waals surface area contributed by atoms with Gasteiger partial charge in [0.2, 0.25) is 11.7 Å². The van der Waals surface area contributed by atoms with E-state index in [4.69, 9.17) is 4.52 Å². The highest BCUT2D eigenvalue weighted by molar-refractivity contribution is 5.56. The number of rotatable bonds is 3. The van der Waals surface area contributed by atoms with Crippen molar-refractivity contribution in [1.29, 1.82) is 0 Å². The first kappa shape index (κ1) is 12.3. The van der Waals surface area contributed by atoms with E-state index in [0.717, 1.165) is 5.56 Å². The molecule has 0 spiro atoms. The van der Waals surface area contributed by atoms with Crippen LogP contribution in [0.25, 0.3) is 11.4 Å². The van der Waals surface area contributed by atoms with Crippen LogP contribution in [0.5, 0.6) is 5.75 Å². The van der Waals surface area contributed by atoms with Gasteiger partial charge in [-0.2, -0.15) is 4.98 Å². The summed E-state index contributed by atoms with van der Waals surface area (Å²) in [6.07, 6.45) is 0.365. The summed E-state index contributed by atoms with van der Waals surface area (Å²) in [5.74, 6) is 0.635. The third kappa shape index (κ3) is 2.66. The van der Waals surface area contributed by atoms with E-state index in [1.807, 2.05) is 0 Å². The minimum absolute atomic E-state index is 0.138. The van der Waals surface area contributed by atoms with Crippen molar-refractivity contribution in [3.05, 3.63) is 65.8 Å². The monoisotopic (exact) mass is 270 g/mol. The van der Waals surface area contributed by atoms with Crippen molar-refractivity contribution in [3.8, 4) is 17.1 Å². The Morgan fingerprint density at radius 2 is 1.95 bits per heavy atom. The number of hydrogen-bond acceptors (Lipinski definition) is 4. The summed E-state index contributed by atoms with van der Waals surface area (Å²) < 4.78 is 18.2. The van der Waals surface area contributed by atoms with Gasteiger partial charge in [0.1, 0.15) is 11.6 Å². The van der Waals surface area contributed by atoms with E-state index in [-0.39, 0.29) is 11.6 Å². The molecule has 100 valence electrons. The lowest BCUT2D eigenvalue weighted by molar-refractivity contribution is 0.385. The zero-order valence-corrected chi connectivity index (χ0v) is 10.5. The summed E-state index contributed by atoms with van der Waals surface area (Å²) in [5, 5.41) is 13.3. The Morgan fingerprint density at radius 3 is 2.75 bits per heavy atom. The van der Waals surface area contributed by atoms with Crippen molar-refractivity contribution in [2.75, 3.05) is 0 Å². The topological polar surface area (TPSA) is 59.2 Å². The Bertz CT molecular complexity index is 740. The molecule has 3 rings (SSSR count). The highest BCUT2D eigenvalue weighted by atomic mass is 19.1. The van der Waals surface area contributed by atoms with Gasteiger partial charge in [-0.05, 0) is 29.8 Å². The van der Waals surface area contributed by atoms with Crippen molar-refractivity contribution in [3.63, 3.8) is 0 Å². The van der Waals surface area contributed by atoms with Crippen LogP contribution in [0, 0.1) is 5.82 Å². The normalized spacial score (nSPS) is 10.7. The van der Waals surface area contributed by atoms with Crippen molar-refractivity contribution in [2.24, 2.45) is 0 Å². The molecule has 0 saturated carbocycles. The first-order valence-electron chi connectivity index (χ1n) is 6.07. The van der Waals surface area contributed by atoms with Crippen LogP contribution in [0.1, 0.15) is 11.5 Å². The first-order chi connectivity index (χ1) is 9.70. The largest absolute Gasteiger partial charge is 0.508 e. The molecule has 4 nitrogen and oxygen atoms in total. The molecular weight excluding hydrogens is 259 g/mol. The molecule has 0 aliphatic heterocycles. The predicted octanol–water partition coefficient (Wildman–Crippen LogP) is 3.17. The molecule has 1 N–H and O–H groups in total. The molecule has 0 atom stereocenters. The Balaban J connectivity index is 1.84. The third-order valence-electron chi connectivity index (χ3n) is 2.82. The second kappa shape index (κ2) is 5.13. The fraction of sp³-hybridized carbons (Fsp3) is 0.0667. The molecule has 0 fully saturated rings. The quantitative estimate of drug-likeness (QED) is 0.794. The van der Waals surface area contributed by atoms with Crippen LogP contribution < -0.4 is 0 Å². The number of aromatic hydroxyl groups is 1. The molecule has 0 aliphatic rings. The van der Waals surface area contributed by atoms with E-state index in [1.54, 1.807) is 36.4 Å². The first-order valence-corrected chi connectivity index (χ1v) is 6.07. The standard InChI is InChI=1S/C15H11FN2O2/c16-12-5-1-3-10(7-12)8-14-17-15(18-20-14)11-4-2-6-13(19)9-11/h1-7,9,19H,8H2. The van der Waals surface area contributed by atoms with Crippen molar-refractivity contribution < 1.29 is 14.0 Å². The molecule has 20 heavy (non-hydrogen) atoms. The zero-order chi connectivity index (χ0) is 13.9. The Morgan fingerprint density at radius 1 is 1.10 bits per heavy atom.